The molecule has 2 aromatic heterocycles. The van der Waals surface area contributed by atoms with E-state index in [0.717, 1.165) is 30.8 Å². The first kappa shape index (κ1) is 17.9. The van der Waals surface area contributed by atoms with E-state index in [2.05, 4.69) is 9.97 Å². The number of carbonyl (C=O) groups is 1. The van der Waals surface area contributed by atoms with Crippen LogP contribution in [0.4, 0.5) is 0 Å². The summed E-state index contributed by atoms with van der Waals surface area (Å²) in [4.78, 5) is 23.2. The maximum absolute atomic E-state index is 12.8. The van der Waals surface area contributed by atoms with Gasteiger partial charge in [-0.05, 0) is 50.8 Å². The van der Waals surface area contributed by atoms with Gasteiger partial charge in [-0.3, -0.25) is 9.78 Å². The van der Waals surface area contributed by atoms with E-state index >= 15 is 0 Å². The van der Waals surface area contributed by atoms with Gasteiger partial charge in [0.05, 0.1) is 19.7 Å². The summed E-state index contributed by atoms with van der Waals surface area (Å²) in [7, 11) is 0. The molecule has 0 aliphatic carbocycles. The first-order chi connectivity index (χ1) is 13.1. The molecule has 2 aliphatic rings. The Kier molecular flexibility index (Phi) is 4.83. The first-order valence-corrected chi connectivity index (χ1v) is 9.48. The van der Waals surface area contributed by atoms with Gasteiger partial charge in [0.25, 0.3) is 5.91 Å². The van der Waals surface area contributed by atoms with Crippen LogP contribution < -0.4 is 4.74 Å². The molecule has 142 valence electrons. The lowest BCUT2D eigenvalue weighted by Crippen LogP contribution is -2.66. The summed E-state index contributed by atoms with van der Waals surface area (Å²) in [6.45, 7) is 6.51. The van der Waals surface area contributed by atoms with Crippen LogP contribution in [-0.2, 0) is 4.74 Å². The maximum Gasteiger partial charge on any atom is 0.254 e. The number of nitrogens with zero attached hydrogens (tertiary/aromatic N) is 3. The number of aryl methyl sites for hydroxylation is 2. The van der Waals surface area contributed by atoms with Crippen LogP contribution in [0.25, 0.3) is 0 Å². The quantitative estimate of drug-likeness (QED) is 0.813. The van der Waals surface area contributed by atoms with Crippen molar-refractivity contribution in [2.24, 2.45) is 5.92 Å². The molecule has 2 aliphatic heterocycles. The fourth-order valence-corrected chi connectivity index (χ4v) is 4.16. The number of carbonyl (C=O) groups excluding carboxylic acids is 1. The zero-order valence-electron chi connectivity index (χ0n) is 15.9. The average Bonchev–Trinajstić information content (AvgIpc) is 3.04. The Morgan fingerprint density at radius 2 is 2.07 bits per heavy atom. The van der Waals surface area contributed by atoms with Crippen molar-refractivity contribution in [1.29, 1.82) is 0 Å². The van der Waals surface area contributed by atoms with E-state index in [1.807, 2.05) is 49.1 Å². The van der Waals surface area contributed by atoms with E-state index in [4.69, 9.17) is 9.47 Å². The fourth-order valence-electron chi connectivity index (χ4n) is 4.16. The number of ether oxygens (including phenoxy) is 2. The molecule has 4 heterocycles. The van der Waals surface area contributed by atoms with Crippen LogP contribution in [0.5, 0.6) is 5.88 Å². The molecule has 0 aromatic carbocycles. The molecule has 0 N–H and O–H groups in total. The molecule has 0 saturated carbocycles. The molecule has 2 aromatic rings. The average molecular weight is 367 g/mol. The number of hydrogen-bond donors (Lipinski definition) is 0. The van der Waals surface area contributed by atoms with Gasteiger partial charge in [-0.1, -0.05) is 6.07 Å². The molecule has 2 fully saturated rings. The van der Waals surface area contributed by atoms with Gasteiger partial charge >= 0.3 is 0 Å². The van der Waals surface area contributed by atoms with E-state index < -0.39 is 0 Å². The second kappa shape index (κ2) is 7.27. The van der Waals surface area contributed by atoms with E-state index in [1.54, 1.807) is 6.20 Å². The van der Waals surface area contributed by atoms with Crippen LogP contribution >= 0.6 is 0 Å². The highest BCUT2D eigenvalue weighted by Crippen LogP contribution is 2.42. The van der Waals surface area contributed by atoms with Crippen molar-refractivity contribution in [2.45, 2.75) is 32.3 Å². The van der Waals surface area contributed by atoms with Crippen molar-refractivity contribution in [3.63, 3.8) is 0 Å². The van der Waals surface area contributed by atoms with Crippen molar-refractivity contribution in [2.75, 3.05) is 26.3 Å². The normalized spacial score (nSPS) is 20.5. The van der Waals surface area contributed by atoms with Crippen LogP contribution in [0.3, 0.4) is 0 Å². The standard InChI is InChI=1S/C21H25N3O3/c1-15-11-17(12-16(2)23-15)20(25)24-13-21(14-24)18(7-10-27-21)6-9-26-19-5-3-4-8-22-19/h3-5,8,11-12,18H,6-7,9-10,13-14H2,1-2H3. The molecule has 1 atom stereocenters. The molecule has 1 amide bonds. The monoisotopic (exact) mass is 367 g/mol. The third-order valence-corrected chi connectivity index (χ3v) is 5.49. The third kappa shape index (κ3) is 3.67. The summed E-state index contributed by atoms with van der Waals surface area (Å²) in [5, 5.41) is 0. The van der Waals surface area contributed by atoms with Crippen molar-refractivity contribution in [3.05, 3.63) is 53.5 Å². The Morgan fingerprint density at radius 1 is 1.30 bits per heavy atom. The van der Waals surface area contributed by atoms with Crippen LogP contribution in [0.1, 0.15) is 34.6 Å². The van der Waals surface area contributed by atoms with Gasteiger partial charge in [-0.25, -0.2) is 4.98 Å². The van der Waals surface area contributed by atoms with Gasteiger partial charge in [0.2, 0.25) is 5.88 Å². The Hall–Kier alpha value is -2.47. The Morgan fingerprint density at radius 3 is 2.78 bits per heavy atom. The number of aromatic nitrogens is 2. The summed E-state index contributed by atoms with van der Waals surface area (Å²) >= 11 is 0. The van der Waals surface area contributed by atoms with Gasteiger partial charge in [0, 0.05) is 35.8 Å². The lowest BCUT2D eigenvalue weighted by atomic mass is 9.79. The first-order valence-electron chi connectivity index (χ1n) is 9.48. The summed E-state index contributed by atoms with van der Waals surface area (Å²) in [6, 6.07) is 9.37. The number of amides is 1. The number of likely N-dealkylation sites (tertiary alicyclic amines) is 1. The fraction of sp³-hybridized carbons (Fsp3) is 0.476. The minimum absolute atomic E-state index is 0.0632. The van der Waals surface area contributed by atoms with Crippen molar-refractivity contribution in [1.82, 2.24) is 14.9 Å². The molecule has 2 saturated heterocycles. The van der Waals surface area contributed by atoms with Gasteiger partial charge < -0.3 is 14.4 Å². The number of hydrogen-bond acceptors (Lipinski definition) is 5. The Balaban J connectivity index is 1.34. The zero-order valence-corrected chi connectivity index (χ0v) is 15.9. The molecule has 1 spiro atoms. The molecule has 6 heteroatoms. The summed E-state index contributed by atoms with van der Waals surface area (Å²) in [6.07, 6.45) is 3.65. The van der Waals surface area contributed by atoms with E-state index in [-0.39, 0.29) is 11.5 Å². The molecule has 6 nitrogen and oxygen atoms in total. The molecular formula is C21H25N3O3. The number of rotatable bonds is 5. The van der Waals surface area contributed by atoms with Gasteiger partial charge in [0.15, 0.2) is 0 Å². The second-order valence-electron chi connectivity index (χ2n) is 7.50. The lowest BCUT2D eigenvalue weighted by molar-refractivity contribution is -0.119. The predicted molar refractivity (Wildman–Crippen MR) is 101 cm³/mol. The molecule has 4 rings (SSSR count). The summed E-state index contributed by atoms with van der Waals surface area (Å²) in [5.74, 6) is 1.12. The summed E-state index contributed by atoms with van der Waals surface area (Å²) in [5.41, 5.74) is 2.24. The van der Waals surface area contributed by atoms with E-state index in [9.17, 15) is 4.79 Å². The van der Waals surface area contributed by atoms with Crippen LogP contribution in [0.15, 0.2) is 36.5 Å². The van der Waals surface area contributed by atoms with E-state index in [1.165, 1.54) is 0 Å². The summed E-state index contributed by atoms with van der Waals surface area (Å²) < 4.78 is 11.8. The van der Waals surface area contributed by atoms with Crippen LogP contribution in [0.2, 0.25) is 0 Å². The maximum atomic E-state index is 12.8. The highest BCUT2D eigenvalue weighted by atomic mass is 16.5. The van der Waals surface area contributed by atoms with Gasteiger partial charge in [0.1, 0.15) is 5.60 Å². The largest absolute Gasteiger partial charge is 0.478 e. The van der Waals surface area contributed by atoms with Gasteiger partial charge in [-0.15, -0.1) is 0 Å². The van der Waals surface area contributed by atoms with Crippen LogP contribution in [0, 0.1) is 19.8 Å². The highest BCUT2D eigenvalue weighted by Gasteiger charge is 2.54. The molecular weight excluding hydrogens is 342 g/mol. The lowest BCUT2D eigenvalue weighted by Gasteiger charge is -2.50. The SMILES string of the molecule is Cc1cc(C(=O)N2CC3(C2)OCCC3CCOc2ccccn2)cc(C)n1. The van der Waals surface area contributed by atoms with Crippen LogP contribution in [-0.4, -0.2) is 52.7 Å². The highest BCUT2D eigenvalue weighted by molar-refractivity contribution is 5.95. The second-order valence-corrected chi connectivity index (χ2v) is 7.50. The van der Waals surface area contributed by atoms with Crippen molar-refractivity contribution >= 4 is 5.91 Å². The zero-order chi connectivity index (χ0) is 18.9. The predicted octanol–water partition coefficient (Wildman–Crippen LogP) is 2.79. The topological polar surface area (TPSA) is 64.6 Å². The Labute approximate surface area is 159 Å². The minimum atomic E-state index is -0.208. The molecule has 27 heavy (non-hydrogen) atoms. The molecule has 0 radical (unpaired) electrons. The number of pyridine rings is 2. The molecule has 1 unspecified atom stereocenters. The third-order valence-electron chi connectivity index (χ3n) is 5.49. The van der Waals surface area contributed by atoms with Crippen molar-refractivity contribution in [3.8, 4) is 5.88 Å². The van der Waals surface area contributed by atoms with Crippen molar-refractivity contribution < 1.29 is 14.3 Å². The van der Waals surface area contributed by atoms with Gasteiger partial charge in [-0.2, -0.15) is 0 Å². The van der Waals surface area contributed by atoms with E-state index in [0.29, 0.717) is 37.1 Å². The molecule has 0 bridgehead atoms. The smallest absolute Gasteiger partial charge is 0.254 e. The Bertz CT molecular complexity index is 798. The minimum Gasteiger partial charge on any atom is -0.478 e.